The Bertz CT molecular complexity index is 915. The van der Waals surface area contributed by atoms with Crippen molar-refractivity contribution in [1.29, 1.82) is 0 Å². The lowest BCUT2D eigenvalue weighted by Gasteiger charge is -2.36. The number of amides is 2. The summed E-state index contributed by atoms with van der Waals surface area (Å²) in [4.78, 5) is 52.3. The number of likely N-dealkylation sites (tertiary alicyclic amines) is 1. The Labute approximate surface area is 210 Å². The number of ether oxygens (including phenoxy) is 3. The Balaban J connectivity index is 2.05. The standard InChI is InChI=1S/C22H37N7O7/c1-22(2,3)36-18(30)12-15(21(33)35-5)24-19(31)16-8-6-7-11-28(16)20(32)14(23)9-10-17-25-26-27-29(17)13-34-4/h14-16H,6-13,23H2,1-5H3,(H,24,31)/t14-,15-,16-/m0/s1. The van der Waals surface area contributed by atoms with Crippen molar-refractivity contribution in [2.45, 2.75) is 89.8 Å². The molecule has 1 aromatic rings. The number of aryl methyl sites for hydroxylation is 1. The van der Waals surface area contributed by atoms with Gasteiger partial charge < -0.3 is 30.2 Å². The Morgan fingerprint density at radius 3 is 2.56 bits per heavy atom. The molecule has 3 atom stereocenters. The van der Waals surface area contributed by atoms with Gasteiger partial charge in [0, 0.05) is 20.1 Å². The number of rotatable bonds is 11. The molecule has 0 bridgehead atoms. The molecule has 2 rings (SSSR count). The molecule has 202 valence electrons. The summed E-state index contributed by atoms with van der Waals surface area (Å²) in [5.74, 6) is -1.86. The van der Waals surface area contributed by atoms with Crippen LogP contribution in [0.25, 0.3) is 0 Å². The van der Waals surface area contributed by atoms with E-state index in [0.29, 0.717) is 31.6 Å². The molecule has 36 heavy (non-hydrogen) atoms. The zero-order valence-corrected chi connectivity index (χ0v) is 21.6. The largest absolute Gasteiger partial charge is 0.467 e. The second-order valence-electron chi connectivity index (χ2n) is 9.58. The minimum absolute atomic E-state index is 0.171. The molecule has 0 spiro atoms. The van der Waals surface area contributed by atoms with Gasteiger partial charge in [-0.05, 0) is 56.9 Å². The van der Waals surface area contributed by atoms with Gasteiger partial charge in [0.05, 0.1) is 19.6 Å². The highest BCUT2D eigenvalue weighted by Crippen LogP contribution is 2.20. The molecule has 2 amide bonds. The third-order valence-electron chi connectivity index (χ3n) is 5.54. The summed E-state index contributed by atoms with van der Waals surface area (Å²) in [6, 6.07) is -2.96. The number of hydrogen-bond acceptors (Lipinski definition) is 11. The van der Waals surface area contributed by atoms with E-state index in [0.717, 1.165) is 13.5 Å². The van der Waals surface area contributed by atoms with Crippen molar-refractivity contribution in [1.82, 2.24) is 30.4 Å². The van der Waals surface area contributed by atoms with Crippen LogP contribution in [0.3, 0.4) is 0 Å². The molecule has 1 saturated heterocycles. The number of methoxy groups -OCH3 is 2. The predicted molar refractivity (Wildman–Crippen MR) is 125 cm³/mol. The van der Waals surface area contributed by atoms with E-state index in [1.165, 1.54) is 16.7 Å². The minimum atomic E-state index is -1.25. The molecule has 1 aliphatic heterocycles. The molecule has 0 aromatic carbocycles. The van der Waals surface area contributed by atoms with Gasteiger partial charge in [0.1, 0.15) is 24.4 Å². The van der Waals surface area contributed by atoms with Crippen LogP contribution in [-0.4, -0.2) is 93.4 Å². The summed E-state index contributed by atoms with van der Waals surface area (Å²) in [6.07, 6.45) is 2.04. The number of nitrogens with zero attached hydrogens (tertiary/aromatic N) is 5. The number of aromatic nitrogens is 4. The van der Waals surface area contributed by atoms with E-state index >= 15 is 0 Å². The van der Waals surface area contributed by atoms with Crippen molar-refractivity contribution < 1.29 is 33.4 Å². The van der Waals surface area contributed by atoms with Crippen molar-refractivity contribution in [3.63, 3.8) is 0 Å². The SMILES string of the molecule is COCn1nnnc1CC[C@H](N)C(=O)N1CCCC[C@H]1C(=O)N[C@@H](CC(=O)OC(C)(C)C)C(=O)OC. The zero-order valence-electron chi connectivity index (χ0n) is 21.6. The van der Waals surface area contributed by atoms with E-state index in [1.807, 2.05) is 0 Å². The quantitative estimate of drug-likeness (QED) is 0.359. The van der Waals surface area contributed by atoms with Crippen LogP contribution < -0.4 is 11.1 Å². The smallest absolute Gasteiger partial charge is 0.328 e. The summed E-state index contributed by atoms with van der Waals surface area (Å²) in [5, 5.41) is 13.9. The number of nitrogens with two attached hydrogens (primary N) is 1. The number of carbonyl (C=O) groups excluding carboxylic acids is 4. The van der Waals surface area contributed by atoms with Crippen molar-refractivity contribution in [3.8, 4) is 0 Å². The number of carbonyl (C=O) groups is 4. The second kappa shape index (κ2) is 13.3. The number of hydrogen-bond donors (Lipinski definition) is 2. The third kappa shape index (κ3) is 8.52. The monoisotopic (exact) mass is 511 g/mol. The van der Waals surface area contributed by atoms with Gasteiger partial charge in [0.15, 0.2) is 5.82 Å². The lowest BCUT2D eigenvalue weighted by molar-refractivity contribution is -0.159. The first kappa shape index (κ1) is 29.1. The maximum Gasteiger partial charge on any atom is 0.328 e. The molecule has 1 aromatic heterocycles. The Kier molecular flexibility index (Phi) is 10.7. The van der Waals surface area contributed by atoms with E-state index in [9.17, 15) is 19.2 Å². The van der Waals surface area contributed by atoms with Gasteiger partial charge in [-0.25, -0.2) is 9.48 Å². The maximum atomic E-state index is 13.2. The molecule has 3 N–H and O–H groups in total. The Hall–Kier alpha value is -3.13. The lowest BCUT2D eigenvalue weighted by atomic mass is 9.98. The molecule has 1 aliphatic rings. The number of piperidine rings is 1. The van der Waals surface area contributed by atoms with Crippen LogP contribution >= 0.6 is 0 Å². The summed E-state index contributed by atoms with van der Waals surface area (Å²) in [6.45, 7) is 5.61. The average molecular weight is 512 g/mol. The first-order chi connectivity index (χ1) is 17.0. The van der Waals surface area contributed by atoms with Crippen LogP contribution in [0.5, 0.6) is 0 Å². The van der Waals surface area contributed by atoms with Crippen LogP contribution in [0.4, 0.5) is 0 Å². The van der Waals surface area contributed by atoms with Crippen LogP contribution in [-0.2, 0) is 46.5 Å². The number of tetrazole rings is 1. The molecule has 0 aliphatic carbocycles. The number of esters is 2. The van der Waals surface area contributed by atoms with E-state index < -0.39 is 48.0 Å². The molecular weight excluding hydrogens is 474 g/mol. The van der Waals surface area contributed by atoms with Crippen LogP contribution in [0.2, 0.25) is 0 Å². The van der Waals surface area contributed by atoms with E-state index in [2.05, 4.69) is 20.8 Å². The van der Waals surface area contributed by atoms with Gasteiger partial charge in [0.25, 0.3) is 0 Å². The summed E-state index contributed by atoms with van der Waals surface area (Å²) < 4.78 is 16.5. The van der Waals surface area contributed by atoms with Crippen LogP contribution in [0.15, 0.2) is 0 Å². The van der Waals surface area contributed by atoms with Crippen molar-refractivity contribution in [3.05, 3.63) is 5.82 Å². The highest BCUT2D eigenvalue weighted by atomic mass is 16.6. The maximum absolute atomic E-state index is 13.2. The molecule has 0 unspecified atom stereocenters. The van der Waals surface area contributed by atoms with Crippen molar-refractivity contribution in [2.24, 2.45) is 5.73 Å². The number of nitrogens with one attached hydrogen (secondary N) is 1. The molecule has 2 heterocycles. The molecule has 1 fully saturated rings. The van der Waals surface area contributed by atoms with Gasteiger partial charge in [-0.3, -0.25) is 14.4 Å². The first-order valence-electron chi connectivity index (χ1n) is 11.9. The zero-order chi connectivity index (χ0) is 26.9. The highest BCUT2D eigenvalue weighted by Gasteiger charge is 2.37. The van der Waals surface area contributed by atoms with Crippen molar-refractivity contribution in [2.75, 3.05) is 20.8 Å². The van der Waals surface area contributed by atoms with E-state index in [4.69, 9.17) is 19.9 Å². The second-order valence-corrected chi connectivity index (χ2v) is 9.58. The average Bonchev–Trinajstić information content (AvgIpc) is 3.27. The van der Waals surface area contributed by atoms with Crippen LogP contribution in [0, 0.1) is 0 Å². The topological polar surface area (TPSA) is 181 Å². The first-order valence-corrected chi connectivity index (χ1v) is 11.9. The Morgan fingerprint density at radius 1 is 1.19 bits per heavy atom. The molecule has 14 heteroatoms. The van der Waals surface area contributed by atoms with Gasteiger partial charge in [-0.15, -0.1) is 5.10 Å². The fourth-order valence-corrected chi connectivity index (χ4v) is 3.87. The van der Waals surface area contributed by atoms with Crippen molar-refractivity contribution >= 4 is 23.8 Å². The molecule has 0 radical (unpaired) electrons. The van der Waals surface area contributed by atoms with Gasteiger partial charge in [-0.2, -0.15) is 0 Å². The molecule has 0 saturated carbocycles. The fourth-order valence-electron chi connectivity index (χ4n) is 3.87. The van der Waals surface area contributed by atoms with Gasteiger partial charge in [-0.1, -0.05) is 0 Å². The van der Waals surface area contributed by atoms with E-state index in [1.54, 1.807) is 20.8 Å². The summed E-state index contributed by atoms with van der Waals surface area (Å²) in [7, 11) is 2.68. The molecule has 14 nitrogen and oxygen atoms in total. The minimum Gasteiger partial charge on any atom is -0.467 e. The lowest BCUT2D eigenvalue weighted by Crippen LogP contribution is -2.58. The Morgan fingerprint density at radius 2 is 1.92 bits per heavy atom. The van der Waals surface area contributed by atoms with Crippen LogP contribution in [0.1, 0.15) is 58.7 Å². The van der Waals surface area contributed by atoms with Gasteiger partial charge in [0.2, 0.25) is 11.8 Å². The van der Waals surface area contributed by atoms with Gasteiger partial charge >= 0.3 is 11.9 Å². The normalized spacial score (nSPS) is 17.7. The summed E-state index contributed by atoms with van der Waals surface area (Å²) >= 11 is 0. The highest BCUT2D eigenvalue weighted by molar-refractivity contribution is 5.93. The predicted octanol–water partition coefficient (Wildman–Crippen LogP) is -0.692. The molecular formula is C22H37N7O7. The van der Waals surface area contributed by atoms with E-state index in [-0.39, 0.29) is 19.1 Å². The summed E-state index contributed by atoms with van der Waals surface area (Å²) in [5.41, 5.74) is 5.43. The fraction of sp³-hybridized carbons (Fsp3) is 0.773. The third-order valence-corrected chi connectivity index (χ3v) is 5.54.